The zero-order valence-corrected chi connectivity index (χ0v) is 8.74. The summed E-state index contributed by atoms with van der Waals surface area (Å²) in [7, 11) is 0. The zero-order valence-electron chi connectivity index (χ0n) is 8.74. The van der Waals surface area contributed by atoms with E-state index in [2.05, 4.69) is 18.0 Å². The van der Waals surface area contributed by atoms with Crippen molar-refractivity contribution < 1.29 is 0 Å². The molecule has 2 heteroatoms. The molecule has 1 aliphatic carbocycles. The third-order valence-electron chi connectivity index (χ3n) is 3.15. The smallest absolute Gasteiger partial charge is 0.0422 e. The van der Waals surface area contributed by atoms with E-state index in [9.17, 15) is 0 Å². The van der Waals surface area contributed by atoms with Crippen molar-refractivity contribution in [2.24, 2.45) is 11.7 Å². The summed E-state index contributed by atoms with van der Waals surface area (Å²) in [5.74, 6) is 0.731. The van der Waals surface area contributed by atoms with Crippen LogP contribution in [0.15, 0.2) is 24.4 Å². The third kappa shape index (κ3) is 1.95. The van der Waals surface area contributed by atoms with Crippen molar-refractivity contribution in [2.45, 2.75) is 38.1 Å². The number of nitrogens with zero attached hydrogens (tertiary/aromatic N) is 1. The van der Waals surface area contributed by atoms with Crippen LogP contribution in [-0.4, -0.2) is 10.5 Å². The minimum Gasteiger partial charge on any atom is -0.324 e. The molecule has 0 aliphatic heterocycles. The van der Waals surface area contributed by atoms with Gasteiger partial charge in [0.15, 0.2) is 0 Å². The highest BCUT2D eigenvalue weighted by Gasteiger charge is 2.49. The molecular formula is C12H18N2. The van der Waals surface area contributed by atoms with Gasteiger partial charge in [-0.2, -0.15) is 0 Å². The molecule has 2 nitrogen and oxygen atoms in total. The molecule has 1 heterocycles. The van der Waals surface area contributed by atoms with Gasteiger partial charge in [0.05, 0.1) is 0 Å². The third-order valence-corrected chi connectivity index (χ3v) is 3.15. The fourth-order valence-corrected chi connectivity index (χ4v) is 2.19. The van der Waals surface area contributed by atoms with Crippen molar-refractivity contribution in [1.29, 1.82) is 0 Å². The molecule has 1 saturated carbocycles. The Morgan fingerprint density at radius 1 is 1.57 bits per heavy atom. The first-order valence-electron chi connectivity index (χ1n) is 5.43. The molecule has 1 aromatic heterocycles. The van der Waals surface area contributed by atoms with E-state index in [0.717, 1.165) is 18.0 Å². The first-order valence-corrected chi connectivity index (χ1v) is 5.43. The molecule has 0 amide bonds. The SMILES string of the molecule is CCCC1CC1(N)Cc1ccccn1. The minimum atomic E-state index is 0.0599. The van der Waals surface area contributed by atoms with Gasteiger partial charge in [0, 0.05) is 23.9 Å². The lowest BCUT2D eigenvalue weighted by atomic mass is 10.1. The highest BCUT2D eigenvalue weighted by atomic mass is 14.9. The monoisotopic (exact) mass is 190 g/mol. The second-order valence-corrected chi connectivity index (χ2v) is 4.42. The molecule has 0 saturated heterocycles. The van der Waals surface area contributed by atoms with Crippen molar-refractivity contribution in [2.75, 3.05) is 0 Å². The zero-order chi connectivity index (χ0) is 10.0. The van der Waals surface area contributed by atoms with Crippen LogP contribution in [0.4, 0.5) is 0 Å². The molecule has 1 aliphatic rings. The summed E-state index contributed by atoms with van der Waals surface area (Å²) in [6.07, 6.45) is 6.47. The van der Waals surface area contributed by atoms with Crippen LogP contribution in [0.25, 0.3) is 0 Å². The van der Waals surface area contributed by atoms with Gasteiger partial charge in [-0.1, -0.05) is 19.4 Å². The van der Waals surface area contributed by atoms with Crippen LogP contribution in [0, 0.1) is 5.92 Å². The molecule has 0 bridgehead atoms. The molecule has 14 heavy (non-hydrogen) atoms. The lowest BCUT2D eigenvalue weighted by Gasteiger charge is -2.10. The van der Waals surface area contributed by atoms with E-state index in [1.807, 2.05) is 18.3 Å². The molecule has 2 atom stereocenters. The molecular weight excluding hydrogens is 172 g/mol. The standard InChI is InChI=1S/C12H18N2/c1-2-5-10-8-12(10,13)9-11-6-3-4-7-14-11/h3-4,6-7,10H,2,5,8-9,13H2,1H3. The Kier molecular flexibility index (Phi) is 2.55. The molecule has 1 fully saturated rings. The highest BCUT2D eigenvalue weighted by molar-refractivity contribution is 5.16. The fraction of sp³-hybridized carbons (Fsp3) is 0.583. The molecule has 2 N–H and O–H groups in total. The molecule has 0 radical (unpaired) electrons. The van der Waals surface area contributed by atoms with Gasteiger partial charge >= 0.3 is 0 Å². The summed E-state index contributed by atoms with van der Waals surface area (Å²) < 4.78 is 0. The van der Waals surface area contributed by atoms with Crippen LogP contribution >= 0.6 is 0 Å². The molecule has 1 aromatic rings. The van der Waals surface area contributed by atoms with Gasteiger partial charge in [-0.05, 0) is 30.9 Å². The predicted molar refractivity (Wildman–Crippen MR) is 57.9 cm³/mol. The van der Waals surface area contributed by atoms with E-state index < -0.39 is 0 Å². The van der Waals surface area contributed by atoms with E-state index in [4.69, 9.17) is 5.73 Å². The molecule has 0 aromatic carbocycles. The normalized spacial score (nSPS) is 30.3. The highest BCUT2D eigenvalue weighted by Crippen LogP contribution is 2.46. The van der Waals surface area contributed by atoms with Crippen molar-refractivity contribution in [3.8, 4) is 0 Å². The van der Waals surface area contributed by atoms with E-state index >= 15 is 0 Å². The van der Waals surface area contributed by atoms with Crippen LogP contribution in [0.3, 0.4) is 0 Å². The van der Waals surface area contributed by atoms with Gasteiger partial charge in [0.1, 0.15) is 0 Å². The second-order valence-electron chi connectivity index (χ2n) is 4.42. The average molecular weight is 190 g/mol. The van der Waals surface area contributed by atoms with Gasteiger partial charge in [0.25, 0.3) is 0 Å². The quantitative estimate of drug-likeness (QED) is 0.790. The maximum atomic E-state index is 6.27. The van der Waals surface area contributed by atoms with Crippen LogP contribution < -0.4 is 5.73 Å². The number of pyridine rings is 1. The van der Waals surface area contributed by atoms with Gasteiger partial charge in [-0.25, -0.2) is 0 Å². The summed E-state index contributed by atoms with van der Waals surface area (Å²) >= 11 is 0. The van der Waals surface area contributed by atoms with Gasteiger partial charge in [0.2, 0.25) is 0 Å². The maximum Gasteiger partial charge on any atom is 0.0422 e. The van der Waals surface area contributed by atoms with Crippen LogP contribution in [0.1, 0.15) is 31.9 Å². The Balaban J connectivity index is 1.94. The van der Waals surface area contributed by atoms with Crippen molar-refractivity contribution >= 4 is 0 Å². The van der Waals surface area contributed by atoms with E-state index in [-0.39, 0.29) is 5.54 Å². The van der Waals surface area contributed by atoms with Crippen molar-refractivity contribution in [1.82, 2.24) is 4.98 Å². The number of nitrogens with two attached hydrogens (primary N) is 1. The van der Waals surface area contributed by atoms with Crippen LogP contribution in [0.2, 0.25) is 0 Å². The molecule has 2 unspecified atom stereocenters. The van der Waals surface area contributed by atoms with Crippen LogP contribution in [-0.2, 0) is 6.42 Å². The Morgan fingerprint density at radius 2 is 2.43 bits per heavy atom. The molecule has 2 rings (SSSR count). The number of rotatable bonds is 4. The van der Waals surface area contributed by atoms with E-state index in [0.29, 0.717) is 0 Å². The van der Waals surface area contributed by atoms with Crippen LogP contribution in [0.5, 0.6) is 0 Å². The van der Waals surface area contributed by atoms with Crippen molar-refractivity contribution in [3.05, 3.63) is 30.1 Å². The maximum absolute atomic E-state index is 6.27. The predicted octanol–water partition coefficient (Wildman–Crippen LogP) is 2.14. The molecule has 0 spiro atoms. The summed E-state index contributed by atoms with van der Waals surface area (Å²) in [5.41, 5.74) is 7.46. The average Bonchev–Trinajstić information content (AvgIpc) is 2.78. The Hall–Kier alpha value is -0.890. The summed E-state index contributed by atoms with van der Waals surface area (Å²) in [5, 5.41) is 0. The largest absolute Gasteiger partial charge is 0.324 e. The fourth-order valence-electron chi connectivity index (χ4n) is 2.19. The molecule has 76 valence electrons. The van der Waals surface area contributed by atoms with E-state index in [1.165, 1.54) is 19.3 Å². The summed E-state index contributed by atoms with van der Waals surface area (Å²) in [6, 6.07) is 6.04. The Morgan fingerprint density at radius 3 is 3.07 bits per heavy atom. The number of aromatic nitrogens is 1. The minimum absolute atomic E-state index is 0.0599. The van der Waals surface area contributed by atoms with Gasteiger partial charge in [-0.15, -0.1) is 0 Å². The lowest BCUT2D eigenvalue weighted by molar-refractivity contribution is 0.551. The number of hydrogen-bond donors (Lipinski definition) is 1. The Bertz CT molecular complexity index is 296. The van der Waals surface area contributed by atoms with Gasteiger partial charge < -0.3 is 5.73 Å². The summed E-state index contributed by atoms with van der Waals surface area (Å²) in [4.78, 5) is 4.32. The van der Waals surface area contributed by atoms with Gasteiger partial charge in [-0.3, -0.25) is 4.98 Å². The van der Waals surface area contributed by atoms with Crippen molar-refractivity contribution in [3.63, 3.8) is 0 Å². The van der Waals surface area contributed by atoms with E-state index in [1.54, 1.807) is 0 Å². The first-order chi connectivity index (χ1) is 6.74. The summed E-state index contributed by atoms with van der Waals surface area (Å²) in [6.45, 7) is 2.22. The topological polar surface area (TPSA) is 38.9 Å². The first kappa shape index (κ1) is 9.66. The Labute approximate surface area is 85.5 Å². The lowest BCUT2D eigenvalue weighted by Crippen LogP contribution is -2.28. The second kappa shape index (κ2) is 3.70. The number of hydrogen-bond acceptors (Lipinski definition) is 2.